The zero-order chi connectivity index (χ0) is 30.9. The number of aromatic nitrogens is 2. The fraction of sp³-hybridized carbons (Fsp3) is 0.136. The zero-order valence-electron chi connectivity index (χ0n) is 20.2. The number of halogens is 5. The Kier molecular flexibility index (Phi) is 9.46. The van der Waals surface area contributed by atoms with Crippen LogP contribution in [0.5, 0.6) is 0 Å². The van der Waals surface area contributed by atoms with E-state index in [0.29, 0.717) is 13.6 Å². The van der Waals surface area contributed by atoms with Gasteiger partial charge in [-0.1, -0.05) is 12.1 Å². The number of amidine groups is 1. The van der Waals surface area contributed by atoms with Crippen molar-refractivity contribution in [2.45, 2.75) is 26.3 Å². The van der Waals surface area contributed by atoms with E-state index in [0.717, 1.165) is 22.0 Å². The van der Waals surface area contributed by atoms with Gasteiger partial charge in [-0.15, -0.1) is 23.1 Å². The largest absolute Gasteiger partial charge is 0.490 e. The number of fused-ring (bicyclic) bond motifs is 1. The molecule has 1 atom stereocenters. The van der Waals surface area contributed by atoms with Gasteiger partial charge in [0.05, 0.1) is 34.9 Å². The number of thioether (sulfide) groups is 1. The van der Waals surface area contributed by atoms with E-state index in [-0.39, 0.29) is 32.2 Å². The third-order valence-corrected chi connectivity index (χ3v) is 10.1. The number of thiophene rings is 1. The average molecular weight is 698 g/mol. The first kappa shape index (κ1) is 32.0. The standard InChI is InChI=1S/C20H15BrFN5O4S3.C2HF3O2/c1-32-20-16(8-15(33-20)18(23)24)34(30,31)10-6-12(21)17-14(7-10)26(9-25-17)19(27(28)29)11-4-2-3-5-13(11)22;3-2(4,5)1(6)7/h2-9,19H,1H3,(H3,23,24);(H,6,7). The molecule has 0 radical (unpaired) electrons. The molecule has 2 heterocycles. The molecular formula is C22H16BrF4N5O6S3. The van der Waals surface area contributed by atoms with Crippen LogP contribution in [0.25, 0.3) is 11.0 Å². The number of rotatable bonds is 7. The molecule has 0 aliphatic heterocycles. The van der Waals surface area contributed by atoms with Crippen molar-refractivity contribution in [3.8, 4) is 0 Å². The van der Waals surface area contributed by atoms with Crippen LogP contribution in [0.1, 0.15) is 16.6 Å². The second kappa shape index (κ2) is 12.1. The van der Waals surface area contributed by atoms with Crippen molar-refractivity contribution in [1.29, 1.82) is 5.41 Å². The number of alkyl halides is 3. The summed E-state index contributed by atoms with van der Waals surface area (Å²) in [6.07, 6.45) is -3.86. The highest BCUT2D eigenvalue weighted by molar-refractivity contribution is 9.10. The molecule has 0 fully saturated rings. The molecule has 4 rings (SSSR count). The van der Waals surface area contributed by atoms with E-state index >= 15 is 0 Å². The fourth-order valence-corrected chi connectivity index (χ4v) is 8.02. The lowest BCUT2D eigenvalue weighted by atomic mass is 10.1. The van der Waals surface area contributed by atoms with Crippen LogP contribution in [-0.4, -0.2) is 52.2 Å². The number of hydrogen-bond acceptors (Lipinski definition) is 9. The van der Waals surface area contributed by atoms with Gasteiger partial charge in [0.25, 0.3) is 0 Å². The topological polar surface area (TPSA) is 182 Å². The first-order valence-electron chi connectivity index (χ1n) is 10.6. The Hall–Kier alpha value is -3.55. The molecule has 4 aromatic rings. The lowest BCUT2D eigenvalue weighted by molar-refractivity contribution is -0.535. The zero-order valence-corrected chi connectivity index (χ0v) is 24.3. The first-order valence-corrected chi connectivity index (χ1v) is 14.9. The minimum atomic E-state index is -5.08. The van der Waals surface area contributed by atoms with E-state index in [9.17, 15) is 36.1 Å². The average Bonchev–Trinajstić information content (AvgIpc) is 3.51. The number of nitrogens with two attached hydrogens (primary N) is 1. The SMILES string of the molecule is CSc1sc(C(=N)N)cc1S(=O)(=O)c1cc(Br)c2ncn(C(c3ccccc3F)[N+](=O)[O-])c2c1.O=C(O)C(F)(F)F. The number of nitrogens with zero attached hydrogens (tertiary/aromatic N) is 3. The monoisotopic (exact) mass is 697 g/mol. The first-order chi connectivity index (χ1) is 19.0. The summed E-state index contributed by atoms with van der Waals surface area (Å²) < 4.78 is 75.1. The fourth-order valence-electron chi connectivity index (χ4n) is 3.41. The predicted molar refractivity (Wildman–Crippen MR) is 145 cm³/mol. The maximum absolute atomic E-state index is 14.4. The van der Waals surface area contributed by atoms with Crippen LogP contribution in [0.15, 0.2) is 67.3 Å². The van der Waals surface area contributed by atoms with Crippen LogP contribution in [0.2, 0.25) is 0 Å². The number of carboxylic acids is 1. The van der Waals surface area contributed by atoms with Gasteiger partial charge in [-0.2, -0.15) is 13.2 Å². The second-order valence-corrected chi connectivity index (χ2v) is 12.7. The summed E-state index contributed by atoms with van der Waals surface area (Å²) in [4.78, 5) is 24.5. The maximum atomic E-state index is 14.4. The van der Waals surface area contributed by atoms with Crippen molar-refractivity contribution in [3.63, 3.8) is 0 Å². The summed E-state index contributed by atoms with van der Waals surface area (Å²) in [5.74, 6) is -3.78. The number of nitrogens with one attached hydrogen (secondary N) is 1. The van der Waals surface area contributed by atoms with Crippen LogP contribution in [0, 0.1) is 21.3 Å². The summed E-state index contributed by atoms with van der Waals surface area (Å²) in [6.45, 7) is 0. The van der Waals surface area contributed by atoms with Gasteiger partial charge in [0, 0.05) is 4.47 Å². The number of imidazole rings is 1. The molecule has 4 N–H and O–H groups in total. The smallest absolute Gasteiger partial charge is 0.475 e. The van der Waals surface area contributed by atoms with Gasteiger partial charge in [-0.3, -0.25) is 20.1 Å². The van der Waals surface area contributed by atoms with Crippen LogP contribution in [0.4, 0.5) is 17.6 Å². The molecule has 19 heteroatoms. The van der Waals surface area contributed by atoms with Crippen LogP contribution < -0.4 is 5.73 Å². The van der Waals surface area contributed by atoms with Gasteiger partial charge in [0.15, 0.2) is 0 Å². The molecule has 41 heavy (non-hydrogen) atoms. The molecule has 0 aliphatic rings. The molecule has 0 aliphatic carbocycles. The molecule has 0 saturated carbocycles. The second-order valence-electron chi connectivity index (χ2n) is 7.79. The van der Waals surface area contributed by atoms with Gasteiger partial charge in [-0.25, -0.2) is 22.6 Å². The van der Waals surface area contributed by atoms with Crippen molar-refractivity contribution >= 4 is 71.7 Å². The number of carbonyl (C=O) groups is 1. The van der Waals surface area contributed by atoms with Crippen molar-refractivity contribution < 1.29 is 40.8 Å². The molecule has 0 saturated heterocycles. The summed E-state index contributed by atoms with van der Waals surface area (Å²) in [6, 6.07) is 9.27. The number of nitrogen functional groups attached to an aromatic ring is 1. The van der Waals surface area contributed by atoms with Crippen molar-refractivity contribution in [1.82, 2.24) is 9.55 Å². The van der Waals surface area contributed by atoms with E-state index in [4.69, 9.17) is 21.0 Å². The number of carboxylic acid groups (broad SMARTS) is 1. The third kappa shape index (κ3) is 6.68. The van der Waals surface area contributed by atoms with E-state index in [2.05, 4.69) is 20.9 Å². The maximum Gasteiger partial charge on any atom is 0.490 e. The van der Waals surface area contributed by atoms with Crippen LogP contribution in [0.3, 0.4) is 0 Å². The summed E-state index contributed by atoms with van der Waals surface area (Å²) in [5, 5.41) is 26.7. The molecule has 11 nitrogen and oxygen atoms in total. The summed E-state index contributed by atoms with van der Waals surface area (Å²) in [7, 11) is -4.10. The Morgan fingerprint density at radius 2 is 1.90 bits per heavy atom. The number of aliphatic carboxylic acids is 1. The van der Waals surface area contributed by atoms with Crippen molar-refractivity contribution in [2.75, 3.05) is 6.26 Å². The quantitative estimate of drug-likeness (QED) is 0.0577. The van der Waals surface area contributed by atoms with Crippen molar-refractivity contribution in [3.05, 3.63) is 79.6 Å². The highest BCUT2D eigenvalue weighted by atomic mass is 79.9. The van der Waals surface area contributed by atoms with Crippen LogP contribution in [-0.2, 0) is 14.6 Å². The predicted octanol–water partition coefficient (Wildman–Crippen LogP) is 5.30. The van der Waals surface area contributed by atoms with E-state index < -0.39 is 38.9 Å². The van der Waals surface area contributed by atoms with Crippen molar-refractivity contribution in [2.24, 2.45) is 5.73 Å². The Morgan fingerprint density at radius 1 is 1.29 bits per heavy atom. The van der Waals surface area contributed by atoms with Gasteiger partial charge >= 0.3 is 18.3 Å². The molecule has 2 aromatic carbocycles. The molecule has 2 aromatic heterocycles. The van der Waals surface area contributed by atoms with Gasteiger partial charge in [0.1, 0.15) is 23.5 Å². The molecule has 0 bridgehead atoms. The third-order valence-electron chi connectivity index (χ3n) is 5.21. The van der Waals surface area contributed by atoms with Gasteiger partial charge in [-0.05, 0) is 52.5 Å². The Labute approximate surface area is 244 Å². The molecule has 218 valence electrons. The summed E-state index contributed by atoms with van der Waals surface area (Å²) in [5.41, 5.74) is 5.76. The normalized spacial score (nSPS) is 12.4. The molecular weight excluding hydrogens is 682 g/mol. The lowest BCUT2D eigenvalue weighted by Gasteiger charge is -2.13. The number of nitro groups is 1. The van der Waals surface area contributed by atoms with Gasteiger partial charge < -0.3 is 10.8 Å². The Bertz CT molecular complexity index is 1770. The molecule has 1 unspecified atom stereocenters. The number of benzene rings is 2. The van der Waals surface area contributed by atoms with E-state index in [1.54, 1.807) is 6.26 Å². The highest BCUT2D eigenvalue weighted by Crippen LogP contribution is 2.39. The van der Waals surface area contributed by atoms with Crippen LogP contribution >= 0.6 is 39.0 Å². The number of hydrogen-bond donors (Lipinski definition) is 3. The number of sulfone groups is 1. The van der Waals surface area contributed by atoms with E-state index in [1.165, 1.54) is 54.5 Å². The highest BCUT2D eigenvalue weighted by Gasteiger charge is 2.38. The Morgan fingerprint density at radius 3 is 2.41 bits per heavy atom. The van der Waals surface area contributed by atoms with Gasteiger partial charge in [0.2, 0.25) is 9.84 Å². The van der Waals surface area contributed by atoms with E-state index in [1.807, 2.05) is 0 Å². The molecule has 0 spiro atoms. The lowest BCUT2D eigenvalue weighted by Crippen LogP contribution is -2.21. The Balaban J connectivity index is 0.000000587. The minimum absolute atomic E-state index is 0.0209. The molecule has 0 amide bonds. The summed E-state index contributed by atoms with van der Waals surface area (Å²) >= 11 is 5.59. The minimum Gasteiger partial charge on any atom is -0.475 e.